The lowest BCUT2D eigenvalue weighted by Gasteiger charge is -2.43. The van der Waals surface area contributed by atoms with Gasteiger partial charge in [-0.05, 0) is 118 Å². The summed E-state index contributed by atoms with van der Waals surface area (Å²) in [5.74, 6) is -26.1. The number of aryl methyl sites for hydroxylation is 6. The maximum Gasteiger partial charge on any atom is 0.229 e. The van der Waals surface area contributed by atoms with Gasteiger partial charge in [0.2, 0.25) is 6.71 Å². The number of rotatable bonds is 6. The summed E-state index contributed by atoms with van der Waals surface area (Å²) in [6, 6.07) is 7.85. The summed E-state index contributed by atoms with van der Waals surface area (Å²) in [5.41, 5.74) is 1.47. The van der Waals surface area contributed by atoms with Crippen LogP contribution in [0.15, 0.2) is 24.3 Å². The third-order valence-corrected chi connectivity index (χ3v) is 14.2. The van der Waals surface area contributed by atoms with E-state index >= 15 is 17.6 Å². The minimum absolute atomic E-state index is 0.244. The van der Waals surface area contributed by atoms with Gasteiger partial charge in [-0.25, -0.2) is 43.9 Å². The first kappa shape index (κ1) is 35.5. The normalized spacial score (nSPS) is 20.2. The number of hydrogen-bond donors (Lipinski definition) is 0. The molecule has 4 atom stereocenters. The first-order valence-corrected chi connectivity index (χ1v) is 17.4. The van der Waals surface area contributed by atoms with Crippen molar-refractivity contribution < 1.29 is 43.9 Å². The highest BCUT2D eigenvalue weighted by molar-refractivity contribution is 7.74. The van der Waals surface area contributed by atoms with Gasteiger partial charge in [-0.3, -0.25) is 0 Å². The van der Waals surface area contributed by atoms with Crippen molar-refractivity contribution in [3.8, 4) is 0 Å². The number of fused-ring (bicyclic) bond motifs is 2. The van der Waals surface area contributed by atoms with Gasteiger partial charge in [-0.1, -0.05) is 41.8 Å². The smallest absolute Gasteiger partial charge is 0.204 e. The molecule has 6 rings (SSSR count). The van der Waals surface area contributed by atoms with E-state index in [2.05, 4.69) is 0 Å². The molecule has 0 amide bonds. The summed E-state index contributed by atoms with van der Waals surface area (Å²) in [5, 5.41) is 1.76. The largest absolute Gasteiger partial charge is 0.229 e. The topological polar surface area (TPSA) is 0 Å². The molecular weight excluding hydrogens is 676 g/mol. The molecule has 49 heavy (non-hydrogen) atoms. The van der Waals surface area contributed by atoms with Crippen molar-refractivity contribution in [2.75, 3.05) is 0 Å². The minimum Gasteiger partial charge on any atom is -0.204 e. The third-order valence-electron chi connectivity index (χ3n) is 10.5. The molecule has 4 aromatic carbocycles. The molecule has 12 heteroatoms. The molecule has 258 valence electrons. The third kappa shape index (κ3) is 5.50. The Hall–Kier alpha value is -3.33. The zero-order valence-corrected chi connectivity index (χ0v) is 28.4. The Labute approximate surface area is 279 Å². The predicted octanol–water partition coefficient (Wildman–Crippen LogP) is 8.84. The quantitative estimate of drug-likeness (QED) is 0.0618. The molecule has 0 heterocycles. The number of hydrogen-bond acceptors (Lipinski definition) is 0. The molecule has 2 fully saturated rings. The maximum absolute atomic E-state index is 15.9. The van der Waals surface area contributed by atoms with E-state index in [-0.39, 0.29) is 5.92 Å². The average molecular weight is 708 g/mol. The summed E-state index contributed by atoms with van der Waals surface area (Å²) in [4.78, 5) is 0. The minimum atomic E-state index is -2.50. The van der Waals surface area contributed by atoms with Crippen LogP contribution in [-0.2, 0) is 0 Å². The van der Waals surface area contributed by atoms with Gasteiger partial charge in [0.25, 0.3) is 0 Å². The average Bonchev–Trinajstić information content (AvgIpc) is 3.64. The molecule has 0 radical (unpaired) electrons. The Morgan fingerprint density at radius 1 is 0.469 bits per heavy atom. The molecule has 2 unspecified atom stereocenters. The summed E-state index contributed by atoms with van der Waals surface area (Å²) < 4.78 is 152. The molecule has 0 spiro atoms. The van der Waals surface area contributed by atoms with Crippen molar-refractivity contribution in [2.45, 2.75) is 72.3 Å². The van der Waals surface area contributed by atoms with Gasteiger partial charge in [0, 0.05) is 10.9 Å². The predicted molar refractivity (Wildman–Crippen MR) is 173 cm³/mol. The number of halogens is 10. The highest BCUT2D eigenvalue weighted by Crippen LogP contribution is 2.65. The highest BCUT2D eigenvalue weighted by atomic mass is 31.1. The van der Waals surface area contributed by atoms with Gasteiger partial charge >= 0.3 is 0 Å². The van der Waals surface area contributed by atoms with E-state index in [0.29, 0.717) is 19.3 Å². The molecule has 2 aliphatic rings. The zero-order chi connectivity index (χ0) is 36.0. The fourth-order valence-electron chi connectivity index (χ4n) is 8.99. The fraction of sp³-hybridized carbons (Fsp3) is 0.351. The Morgan fingerprint density at radius 3 is 1.12 bits per heavy atom. The lowest BCUT2D eigenvalue weighted by molar-refractivity contribution is 0.381. The van der Waals surface area contributed by atoms with Crippen molar-refractivity contribution in [1.29, 1.82) is 0 Å². The van der Waals surface area contributed by atoms with Crippen molar-refractivity contribution >= 4 is 36.2 Å². The van der Waals surface area contributed by atoms with Crippen LogP contribution in [-0.4, -0.2) is 12.4 Å². The standard InChI is InChI=1S/C37H32BF10P/c1-14-9-16(3)35(17(4)10-14)49(36-18(5)11-15(2)12-19(36)6)37-21-8-7-20(13-21)22(37)38(23-25(39)29(43)33(47)30(44)26(23)40)24-27(41)31(45)34(48)32(46)28(24)42/h9-12,20-22,37H,7-8,13H2,1-6H3/t20?,21?,22-,37-/m1/s1. The Kier molecular flexibility index (Phi) is 9.25. The van der Waals surface area contributed by atoms with Crippen LogP contribution in [0.5, 0.6) is 0 Å². The van der Waals surface area contributed by atoms with Crippen LogP contribution >= 0.6 is 7.92 Å². The van der Waals surface area contributed by atoms with E-state index in [1.165, 1.54) is 0 Å². The van der Waals surface area contributed by atoms with Crippen molar-refractivity contribution in [1.82, 2.24) is 0 Å². The van der Waals surface area contributed by atoms with E-state index in [9.17, 15) is 26.3 Å². The van der Waals surface area contributed by atoms with Gasteiger partial charge in [0.05, 0.1) is 0 Å². The van der Waals surface area contributed by atoms with Gasteiger partial charge in [0.15, 0.2) is 58.2 Å². The molecular formula is C37H32BF10P. The van der Waals surface area contributed by atoms with Crippen LogP contribution in [0, 0.1) is 112 Å². The first-order valence-electron chi connectivity index (χ1n) is 15.9. The molecule has 4 aromatic rings. The second kappa shape index (κ2) is 12.8. The van der Waals surface area contributed by atoms with E-state index in [1.54, 1.807) is 0 Å². The van der Waals surface area contributed by atoms with E-state index in [4.69, 9.17) is 0 Å². The SMILES string of the molecule is Cc1cc(C)c(P(c2c(C)cc(C)cc2C)[C@@H]2C3CCC(C3)[C@H]2B(c2c(F)c(F)c(F)c(F)c2F)c2c(F)c(F)c(F)c(F)c2F)c(C)c1. The van der Waals surface area contributed by atoms with Gasteiger partial charge in [0.1, 0.15) is 0 Å². The van der Waals surface area contributed by atoms with E-state index < -0.39 is 101 Å². The van der Waals surface area contributed by atoms with Crippen LogP contribution < -0.4 is 21.5 Å². The second-order valence-corrected chi connectivity index (χ2v) is 15.9. The molecule has 0 nitrogen and oxygen atoms in total. The van der Waals surface area contributed by atoms with Crippen LogP contribution in [0.25, 0.3) is 0 Å². The fourth-order valence-corrected chi connectivity index (χ4v) is 13.0. The molecule has 2 bridgehead atoms. The van der Waals surface area contributed by atoms with Crippen molar-refractivity contribution in [2.24, 2.45) is 11.8 Å². The Bertz CT molecular complexity index is 1800. The van der Waals surface area contributed by atoms with Gasteiger partial charge < -0.3 is 0 Å². The molecule has 0 saturated heterocycles. The van der Waals surface area contributed by atoms with E-state index in [1.807, 2.05) is 65.8 Å². The molecule has 2 saturated carbocycles. The van der Waals surface area contributed by atoms with Crippen LogP contribution in [0.2, 0.25) is 5.82 Å². The molecule has 0 aromatic heterocycles. The van der Waals surface area contributed by atoms with E-state index in [0.717, 1.165) is 44.0 Å². The summed E-state index contributed by atoms with van der Waals surface area (Å²) in [6.07, 6.45) is 1.34. The zero-order valence-electron chi connectivity index (χ0n) is 27.5. The van der Waals surface area contributed by atoms with Gasteiger partial charge in [-0.2, -0.15) is 0 Å². The summed E-state index contributed by atoms with van der Waals surface area (Å²) in [6.45, 7) is 9.02. The summed E-state index contributed by atoms with van der Waals surface area (Å²) in [7, 11) is -1.62. The van der Waals surface area contributed by atoms with Crippen LogP contribution in [0.1, 0.15) is 52.6 Å². The molecule has 0 aliphatic heterocycles. The monoisotopic (exact) mass is 708 g/mol. The lowest BCUT2D eigenvalue weighted by Crippen LogP contribution is -2.57. The highest BCUT2D eigenvalue weighted by Gasteiger charge is 2.58. The van der Waals surface area contributed by atoms with Crippen LogP contribution in [0.3, 0.4) is 0 Å². The first-order chi connectivity index (χ1) is 23.0. The van der Waals surface area contributed by atoms with Crippen LogP contribution in [0.4, 0.5) is 43.9 Å². The van der Waals surface area contributed by atoms with Crippen molar-refractivity contribution in [3.63, 3.8) is 0 Å². The summed E-state index contributed by atoms with van der Waals surface area (Å²) >= 11 is 0. The maximum atomic E-state index is 15.9. The van der Waals surface area contributed by atoms with Crippen molar-refractivity contribution in [3.05, 3.63) is 116 Å². The van der Waals surface area contributed by atoms with Gasteiger partial charge in [-0.15, -0.1) is 0 Å². The number of benzene rings is 4. The molecule has 2 aliphatic carbocycles. The molecule has 0 N–H and O–H groups in total. The lowest BCUT2D eigenvalue weighted by atomic mass is 9.30. The Balaban J connectivity index is 1.75. The Morgan fingerprint density at radius 2 is 0.776 bits per heavy atom. The second-order valence-electron chi connectivity index (χ2n) is 13.7.